The molecule has 0 aliphatic rings. The fourth-order valence-electron chi connectivity index (χ4n) is 2.02. The van der Waals surface area contributed by atoms with E-state index in [0.717, 1.165) is 22.9 Å². The Kier molecular flexibility index (Phi) is 5.53. The molecule has 0 saturated heterocycles. The Bertz CT molecular complexity index is 847. The summed E-state index contributed by atoms with van der Waals surface area (Å²) in [5.74, 6) is -1.27. The monoisotopic (exact) mass is 384 g/mol. The Hall–Kier alpha value is -3.05. The van der Waals surface area contributed by atoms with Gasteiger partial charge in [-0.15, -0.1) is 0 Å². The van der Waals surface area contributed by atoms with Crippen molar-refractivity contribution >= 4 is 29.1 Å². The second kappa shape index (κ2) is 7.45. The van der Waals surface area contributed by atoms with Crippen molar-refractivity contribution in [2.24, 2.45) is 0 Å². The van der Waals surface area contributed by atoms with Gasteiger partial charge in [0.2, 0.25) is 0 Å². The molecule has 0 amide bonds. The van der Waals surface area contributed by atoms with Gasteiger partial charge in [-0.1, -0.05) is 0 Å². The van der Waals surface area contributed by atoms with E-state index >= 15 is 0 Å². The molecule has 1 aromatic carbocycles. The van der Waals surface area contributed by atoms with Crippen molar-refractivity contribution in [1.29, 1.82) is 0 Å². The van der Waals surface area contributed by atoms with Gasteiger partial charge < -0.3 is 20.0 Å². The molecule has 1 aromatic heterocycles. The average molecular weight is 385 g/mol. The molecule has 0 aliphatic heterocycles. The molecule has 0 saturated carbocycles. The van der Waals surface area contributed by atoms with Gasteiger partial charge in [-0.05, 0) is 40.6 Å². The zero-order chi connectivity index (χ0) is 19.5. The van der Waals surface area contributed by atoms with Crippen LogP contribution < -0.4 is 0 Å². The maximum absolute atomic E-state index is 11.9. The van der Waals surface area contributed by atoms with Crippen LogP contribution >= 0.6 is 11.6 Å². The van der Waals surface area contributed by atoms with Gasteiger partial charge in [0.1, 0.15) is 18.4 Å². The number of nitro benzene ring substituents is 1. The first-order valence-corrected chi connectivity index (χ1v) is 7.48. The molecule has 1 unspecified atom stereocenters. The van der Waals surface area contributed by atoms with Gasteiger partial charge in [0.25, 0.3) is 5.69 Å². The molecule has 1 atom stereocenters. The molecular weight excluding hydrogens is 372 g/mol. The van der Waals surface area contributed by atoms with Gasteiger partial charge in [0.05, 0.1) is 17.0 Å². The third kappa shape index (κ3) is 4.74. The number of aromatic nitrogens is 2. The van der Waals surface area contributed by atoms with Crippen LogP contribution in [0.3, 0.4) is 0 Å². The number of nitrogens with zero attached hydrogens (tertiary/aromatic N) is 4. The smallest absolute Gasteiger partial charge is 0.383 e. The third-order valence-corrected chi connectivity index (χ3v) is 3.54. The number of halogens is 1. The lowest BCUT2D eigenvalue weighted by atomic mass is 10.1. The number of nitro groups is 2. The van der Waals surface area contributed by atoms with Crippen LogP contribution in [0.4, 0.5) is 11.5 Å². The van der Waals surface area contributed by atoms with E-state index in [1.54, 1.807) is 0 Å². The van der Waals surface area contributed by atoms with E-state index in [0.29, 0.717) is 0 Å². The second-order valence-corrected chi connectivity index (χ2v) is 5.97. The van der Waals surface area contributed by atoms with Crippen LogP contribution in [0.15, 0.2) is 30.5 Å². The van der Waals surface area contributed by atoms with Crippen molar-refractivity contribution in [3.05, 3.63) is 61.5 Å². The summed E-state index contributed by atoms with van der Waals surface area (Å²) in [5.41, 5.74) is -1.69. The molecule has 138 valence electrons. The van der Waals surface area contributed by atoms with Gasteiger partial charge in [0, 0.05) is 12.1 Å². The van der Waals surface area contributed by atoms with Crippen LogP contribution in [-0.2, 0) is 11.3 Å². The maximum atomic E-state index is 11.9. The largest absolute Gasteiger partial charge is 0.459 e. The second-order valence-electron chi connectivity index (χ2n) is 5.63. The minimum Gasteiger partial charge on any atom is -0.459 e. The number of benzene rings is 1. The van der Waals surface area contributed by atoms with Crippen molar-refractivity contribution in [3.8, 4) is 0 Å². The molecular formula is C14H13ClN4O7. The van der Waals surface area contributed by atoms with Gasteiger partial charge in [-0.2, -0.15) is 0 Å². The fraction of sp³-hybridized carbons (Fsp3) is 0.286. The number of rotatable bonds is 7. The normalized spacial score (nSPS) is 13.0. The van der Waals surface area contributed by atoms with Crippen LogP contribution in [0, 0.1) is 20.2 Å². The SMILES string of the molecule is CC(O)(COC(=O)c1ccc([N+](=O)[O-])cc1)Cn1cc([N+](=O)[O-])nc1Cl. The van der Waals surface area contributed by atoms with Crippen molar-refractivity contribution < 1.29 is 24.5 Å². The summed E-state index contributed by atoms with van der Waals surface area (Å²) in [7, 11) is 0. The van der Waals surface area contributed by atoms with E-state index in [-0.39, 0.29) is 23.1 Å². The van der Waals surface area contributed by atoms with E-state index in [2.05, 4.69) is 4.98 Å². The summed E-state index contributed by atoms with van der Waals surface area (Å²) in [4.78, 5) is 35.4. The zero-order valence-electron chi connectivity index (χ0n) is 13.4. The molecule has 0 spiro atoms. The highest BCUT2D eigenvalue weighted by molar-refractivity contribution is 6.28. The van der Waals surface area contributed by atoms with Gasteiger partial charge in [-0.25, -0.2) is 4.79 Å². The number of non-ortho nitro benzene ring substituents is 1. The fourth-order valence-corrected chi connectivity index (χ4v) is 2.21. The Morgan fingerprint density at radius 3 is 2.42 bits per heavy atom. The van der Waals surface area contributed by atoms with Crippen molar-refractivity contribution in [2.45, 2.75) is 19.1 Å². The number of esters is 1. The van der Waals surface area contributed by atoms with E-state index in [9.17, 15) is 30.1 Å². The molecule has 1 N–H and O–H groups in total. The van der Waals surface area contributed by atoms with Crippen molar-refractivity contribution in [2.75, 3.05) is 6.61 Å². The summed E-state index contributed by atoms with van der Waals surface area (Å²) >= 11 is 5.77. The number of carbonyl (C=O) groups is 1. The van der Waals surface area contributed by atoms with E-state index < -0.39 is 33.8 Å². The van der Waals surface area contributed by atoms with E-state index in [1.807, 2.05) is 0 Å². The lowest BCUT2D eigenvalue weighted by molar-refractivity contribution is -0.389. The van der Waals surface area contributed by atoms with Crippen molar-refractivity contribution in [1.82, 2.24) is 9.55 Å². The number of ether oxygens (including phenoxy) is 1. The summed E-state index contributed by atoms with van der Waals surface area (Å²) in [6.45, 7) is 0.698. The summed E-state index contributed by atoms with van der Waals surface area (Å²) in [6.07, 6.45) is 1.05. The summed E-state index contributed by atoms with van der Waals surface area (Å²) in [5, 5.41) is 31.4. The summed E-state index contributed by atoms with van der Waals surface area (Å²) < 4.78 is 6.14. The van der Waals surface area contributed by atoms with Crippen LogP contribution in [0.1, 0.15) is 17.3 Å². The van der Waals surface area contributed by atoms with E-state index in [1.165, 1.54) is 19.1 Å². The Morgan fingerprint density at radius 2 is 1.92 bits per heavy atom. The number of imidazole rings is 1. The molecule has 11 nitrogen and oxygen atoms in total. The Balaban J connectivity index is 1.99. The molecule has 1 heterocycles. The number of hydrogen-bond acceptors (Lipinski definition) is 8. The van der Waals surface area contributed by atoms with Crippen LogP contribution in [0.5, 0.6) is 0 Å². The third-order valence-electron chi connectivity index (χ3n) is 3.24. The van der Waals surface area contributed by atoms with Gasteiger partial charge in [-0.3, -0.25) is 14.7 Å². The predicted molar refractivity (Wildman–Crippen MR) is 87.9 cm³/mol. The number of carbonyl (C=O) groups excluding carboxylic acids is 1. The molecule has 0 radical (unpaired) electrons. The topological polar surface area (TPSA) is 151 Å². The lowest BCUT2D eigenvalue weighted by Crippen LogP contribution is -2.36. The highest BCUT2D eigenvalue weighted by Gasteiger charge is 2.28. The minimum atomic E-state index is -1.59. The molecule has 0 bridgehead atoms. The first-order chi connectivity index (χ1) is 12.1. The lowest BCUT2D eigenvalue weighted by Gasteiger charge is -2.23. The van der Waals surface area contributed by atoms with Crippen LogP contribution in [-0.4, -0.2) is 42.7 Å². The van der Waals surface area contributed by atoms with Gasteiger partial charge in [0.15, 0.2) is 0 Å². The average Bonchev–Trinajstić information content (AvgIpc) is 2.93. The first-order valence-electron chi connectivity index (χ1n) is 7.10. The molecule has 0 aliphatic carbocycles. The zero-order valence-corrected chi connectivity index (χ0v) is 14.1. The molecule has 2 aromatic rings. The molecule has 26 heavy (non-hydrogen) atoms. The molecule has 0 fully saturated rings. The highest BCUT2D eigenvalue weighted by Crippen LogP contribution is 2.19. The van der Waals surface area contributed by atoms with Gasteiger partial charge >= 0.3 is 17.1 Å². The van der Waals surface area contributed by atoms with Crippen LogP contribution in [0.25, 0.3) is 0 Å². The summed E-state index contributed by atoms with van der Waals surface area (Å²) in [6, 6.07) is 4.76. The number of aliphatic hydroxyl groups is 1. The molecule has 12 heteroatoms. The highest BCUT2D eigenvalue weighted by atomic mass is 35.5. The maximum Gasteiger partial charge on any atom is 0.383 e. The number of hydrogen-bond donors (Lipinski definition) is 1. The first kappa shape index (κ1) is 19.3. The van der Waals surface area contributed by atoms with Crippen molar-refractivity contribution in [3.63, 3.8) is 0 Å². The predicted octanol–water partition coefficient (Wildman–Crippen LogP) is 1.96. The van der Waals surface area contributed by atoms with E-state index in [4.69, 9.17) is 16.3 Å². The Morgan fingerprint density at radius 1 is 1.31 bits per heavy atom. The quantitative estimate of drug-likeness (QED) is 0.432. The Labute approximate surface area is 151 Å². The minimum absolute atomic E-state index is 0.0719. The molecule has 2 rings (SSSR count). The standard InChI is InChI=1S/C14H13ClN4O7/c1-14(21,7-17-6-11(19(24)25)16-13(17)15)8-26-12(20)9-2-4-10(5-3-9)18(22)23/h2-6,21H,7-8H2,1H3. The van der Waals surface area contributed by atoms with Crippen LogP contribution in [0.2, 0.25) is 5.28 Å².